The van der Waals surface area contributed by atoms with Crippen molar-refractivity contribution in [2.75, 3.05) is 24.1 Å². The molecular formula is C30H29FN8O3S. The predicted molar refractivity (Wildman–Crippen MR) is 162 cm³/mol. The Labute approximate surface area is 247 Å². The predicted octanol–water partition coefficient (Wildman–Crippen LogP) is 4.31. The fourth-order valence-electron chi connectivity index (χ4n) is 5.28. The summed E-state index contributed by atoms with van der Waals surface area (Å²) >= 11 is 0. The van der Waals surface area contributed by atoms with E-state index < -0.39 is 27.4 Å². The van der Waals surface area contributed by atoms with Crippen LogP contribution < -0.4 is 16.6 Å². The lowest BCUT2D eigenvalue weighted by atomic mass is 10.1. The molecule has 220 valence electrons. The number of pyridine rings is 1. The molecule has 0 aliphatic carbocycles. The smallest absolute Gasteiger partial charge is 0.269 e. The van der Waals surface area contributed by atoms with Crippen molar-refractivity contribution in [2.24, 2.45) is 0 Å². The summed E-state index contributed by atoms with van der Waals surface area (Å²) in [6, 6.07) is 14.2. The normalized spacial score (nSPS) is 14.7. The van der Waals surface area contributed by atoms with Gasteiger partial charge >= 0.3 is 0 Å². The monoisotopic (exact) mass is 600 g/mol. The highest BCUT2D eigenvalue weighted by Gasteiger charge is 2.28. The van der Waals surface area contributed by atoms with Gasteiger partial charge in [-0.3, -0.25) is 14.3 Å². The lowest BCUT2D eigenvalue weighted by Gasteiger charge is -2.23. The Balaban J connectivity index is 1.47. The summed E-state index contributed by atoms with van der Waals surface area (Å²) in [7, 11) is -3.72. The minimum absolute atomic E-state index is 0.0103. The summed E-state index contributed by atoms with van der Waals surface area (Å²) in [4.78, 5) is 31.4. The number of anilines is 2. The SMILES string of the molecule is CCC(Nc1nc(N)ncc1-c1cncc(S(=O)(=O)N2CCCC2)c1)c1nc2cccc(F)c2c(=O)n1-c1ccccc1. The molecule has 3 aromatic heterocycles. The van der Waals surface area contributed by atoms with E-state index in [9.17, 15) is 17.6 Å². The minimum atomic E-state index is -3.72. The van der Waals surface area contributed by atoms with Gasteiger partial charge in [-0.15, -0.1) is 0 Å². The number of hydrogen-bond donors (Lipinski definition) is 2. The third-order valence-electron chi connectivity index (χ3n) is 7.45. The van der Waals surface area contributed by atoms with Crippen LogP contribution >= 0.6 is 0 Å². The molecule has 4 heterocycles. The first-order valence-corrected chi connectivity index (χ1v) is 15.3. The molecule has 1 fully saturated rings. The standard InChI is InChI=1S/C30H29FN8O3S/c1-2-24(28-36-25-12-8-11-23(31)26(25)29(40)39(28)20-9-4-3-5-10-20)35-27-22(18-34-30(32)37-27)19-15-21(17-33-16-19)43(41,42)38-13-6-7-14-38/h3-5,8-12,15-18,24H,2,6-7,13-14H2,1H3,(H3,32,34,35,37). The number of benzene rings is 2. The van der Waals surface area contributed by atoms with Crippen molar-refractivity contribution in [1.82, 2.24) is 28.8 Å². The van der Waals surface area contributed by atoms with Crippen LogP contribution in [0, 0.1) is 5.82 Å². The second-order valence-corrected chi connectivity index (χ2v) is 12.1. The summed E-state index contributed by atoms with van der Waals surface area (Å²) in [5.74, 6) is -0.0354. The van der Waals surface area contributed by atoms with Crippen LogP contribution in [0.15, 0.2) is 82.9 Å². The number of halogens is 1. The third-order valence-corrected chi connectivity index (χ3v) is 9.32. The van der Waals surface area contributed by atoms with Crippen molar-refractivity contribution in [3.63, 3.8) is 0 Å². The maximum absolute atomic E-state index is 14.9. The van der Waals surface area contributed by atoms with Crippen LogP contribution in [0.2, 0.25) is 0 Å². The molecule has 13 heteroatoms. The molecule has 1 aliphatic heterocycles. The van der Waals surface area contributed by atoms with Crippen LogP contribution in [-0.4, -0.2) is 50.3 Å². The molecular weight excluding hydrogens is 571 g/mol. The number of nitrogens with zero attached hydrogens (tertiary/aromatic N) is 6. The Hall–Kier alpha value is -4.75. The molecule has 0 saturated carbocycles. The van der Waals surface area contributed by atoms with E-state index in [1.165, 1.54) is 39.6 Å². The van der Waals surface area contributed by atoms with Crippen molar-refractivity contribution in [1.29, 1.82) is 0 Å². The highest BCUT2D eigenvalue weighted by atomic mass is 32.2. The van der Waals surface area contributed by atoms with Gasteiger partial charge in [0.05, 0.1) is 17.2 Å². The summed E-state index contributed by atoms with van der Waals surface area (Å²) in [5.41, 5.74) is 7.10. The van der Waals surface area contributed by atoms with Gasteiger partial charge in [0.1, 0.15) is 27.7 Å². The zero-order valence-corrected chi connectivity index (χ0v) is 24.1. The minimum Gasteiger partial charge on any atom is -0.368 e. The molecule has 2 aromatic carbocycles. The Morgan fingerprint density at radius 2 is 1.79 bits per heavy atom. The van der Waals surface area contributed by atoms with Gasteiger partial charge in [-0.25, -0.2) is 22.8 Å². The molecule has 1 atom stereocenters. The molecule has 6 rings (SSSR count). The molecule has 3 N–H and O–H groups in total. The molecule has 0 radical (unpaired) electrons. The van der Waals surface area contributed by atoms with E-state index in [0.29, 0.717) is 48.0 Å². The van der Waals surface area contributed by atoms with E-state index >= 15 is 0 Å². The molecule has 1 unspecified atom stereocenters. The van der Waals surface area contributed by atoms with Crippen LogP contribution in [0.25, 0.3) is 27.7 Å². The number of sulfonamides is 1. The summed E-state index contributed by atoms with van der Waals surface area (Å²) in [6.45, 7) is 2.84. The molecule has 0 amide bonds. The van der Waals surface area contributed by atoms with Crippen LogP contribution in [0.4, 0.5) is 16.2 Å². The summed E-state index contributed by atoms with van der Waals surface area (Å²) < 4.78 is 44.2. The quantitative estimate of drug-likeness (QED) is 0.266. The molecule has 43 heavy (non-hydrogen) atoms. The lowest BCUT2D eigenvalue weighted by Crippen LogP contribution is -2.29. The second-order valence-electron chi connectivity index (χ2n) is 10.2. The Morgan fingerprint density at radius 1 is 1.02 bits per heavy atom. The topological polar surface area (TPSA) is 149 Å². The molecule has 1 aliphatic rings. The Morgan fingerprint density at radius 3 is 2.53 bits per heavy atom. The third kappa shape index (κ3) is 5.32. The molecule has 5 aromatic rings. The highest BCUT2D eigenvalue weighted by molar-refractivity contribution is 7.89. The second kappa shape index (κ2) is 11.5. The molecule has 0 bridgehead atoms. The molecule has 0 spiro atoms. The average Bonchev–Trinajstić information content (AvgIpc) is 3.57. The van der Waals surface area contributed by atoms with E-state index in [1.807, 2.05) is 13.0 Å². The number of aromatic nitrogens is 5. The molecule has 11 nitrogen and oxygen atoms in total. The number of rotatable bonds is 8. The fraction of sp³-hybridized carbons (Fsp3) is 0.233. The Kier molecular flexibility index (Phi) is 7.59. The first-order chi connectivity index (χ1) is 20.8. The Bertz CT molecular complexity index is 1980. The van der Waals surface area contributed by atoms with Gasteiger partial charge in [0.15, 0.2) is 0 Å². The van der Waals surface area contributed by atoms with E-state index in [-0.39, 0.29) is 21.7 Å². The van der Waals surface area contributed by atoms with Gasteiger partial charge in [-0.05, 0) is 49.6 Å². The zero-order chi connectivity index (χ0) is 30.1. The average molecular weight is 601 g/mol. The summed E-state index contributed by atoms with van der Waals surface area (Å²) in [5, 5.41) is 3.24. The maximum Gasteiger partial charge on any atom is 0.269 e. The number of nitrogen functional groups attached to an aromatic ring is 1. The van der Waals surface area contributed by atoms with Crippen LogP contribution in [0.1, 0.15) is 38.1 Å². The van der Waals surface area contributed by atoms with E-state index in [2.05, 4.69) is 20.3 Å². The van der Waals surface area contributed by atoms with Crippen LogP contribution in [0.3, 0.4) is 0 Å². The van der Waals surface area contributed by atoms with Gasteiger partial charge in [0.25, 0.3) is 5.56 Å². The van der Waals surface area contributed by atoms with Crippen molar-refractivity contribution >= 4 is 32.7 Å². The van der Waals surface area contributed by atoms with E-state index in [0.717, 1.165) is 12.8 Å². The number of nitrogens with one attached hydrogen (secondary N) is 1. The maximum atomic E-state index is 14.9. The van der Waals surface area contributed by atoms with Crippen molar-refractivity contribution < 1.29 is 12.8 Å². The zero-order valence-electron chi connectivity index (χ0n) is 23.3. The summed E-state index contributed by atoms with van der Waals surface area (Å²) in [6.07, 6.45) is 6.43. The van der Waals surface area contributed by atoms with Gasteiger partial charge in [-0.2, -0.15) is 9.29 Å². The van der Waals surface area contributed by atoms with E-state index in [4.69, 9.17) is 10.7 Å². The highest BCUT2D eigenvalue weighted by Crippen LogP contribution is 2.32. The number of para-hydroxylation sites is 1. The molecule has 1 saturated heterocycles. The largest absolute Gasteiger partial charge is 0.368 e. The fourth-order valence-corrected chi connectivity index (χ4v) is 6.79. The van der Waals surface area contributed by atoms with Gasteiger partial charge in [0.2, 0.25) is 16.0 Å². The first-order valence-electron chi connectivity index (χ1n) is 13.9. The number of fused-ring (bicyclic) bond motifs is 1. The lowest BCUT2D eigenvalue weighted by molar-refractivity contribution is 0.477. The van der Waals surface area contributed by atoms with E-state index in [1.54, 1.807) is 36.4 Å². The first kappa shape index (κ1) is 28.4. The van der Waals surface area contributed by atoms with Crippen LogP contribution in [-0.2, 0) is 10.0 Å². The number of hydrogen-bond acceptors (Lipinski definition) is 9. The van der Waals surface area contributed by atoms with Gasteiger partial charge < -0.3 is 11.1 Å². The van der Waals surface area contributed by atoms with Crippen molar-refractivity contribution in [3.8, 4) is 16.8 Å². The van der Waals surface area contributed by atoms with Gasteiger partial charge in [-0.1, -0.05) is 31.2 Å². The number of nitrogens with two attached hydrogens (primary N) is 1. The van der Waals surface area contributed by atoms with Crippen LogP contribution in [0.5, 0.6) is 0 Å². The van der Waals surface area contributed by atoms with Crippen molar-refractivity contribution in [3.05, 3.63) is 95.2 Å². The van der Waals surface area contributed by atoms with Crippen molar-refractivity contribution in [2.45, 2.75) is 37.1 Å². The van der Waals surface area contributed by atoms with Gasteiger partial charge in [0, 0.05) is 42.8 Å².